The molecule has 28 heavy (non-hydrogen) atoms. The summed E-state index contributed by atoms with van der Waals surface area (Å²) in [5.41, 5.74) is 1.55. The maximum atomic E-state index is 12.7. The van der Waals surface area contributed by atoms with Gasteiger partial charge in [0.1, 0.15) is 11.6 Å². The Kier molecular flexibility index (Phi) is 6.39. The van der Waals surface area contributed by atoms with Gasteiger partial charge in [0.25, 0.3) is 0 Å². The Morgan fingerprint density at radius 1 is 0.857 bits per heavy atom. The second-order valence-electron chi connectivity index (χ2n) is 7.85. The Labute approximate surface area is 166 Å². The third-order valence-electron chi connectivity index (χ3n) is 5.52. The first-order chi connectivity index (χ1) is 13.5. The molecule has 0 bridgehead atoms. The van der Waals surface area contributed by atoms with Crippen LogP contribution in [0.5, 0.6) is 0 Å². The van der Waals surface area contributed by atoms with Crippen molar-refractivity contribution in [2.45, 2.75) is 58.8 Å². The number of aryl methyl sites for hydroxylation is 2. The number of rotatable bonds is 6. The summed E-state index contributed by atoms with van der Waals surface area (Å²) in [6.45, 7) is 3.84. The largest absolute Gasteiger partial charge is 0.310 e. The van der Waals surface area contributed by atoms with Crippen LogP contribution in [0.2, 0.25) is 0 Å². The molecule has 0 aromatic carbocycles. The Balaban J connectivity index is 1.68. The highest BCUT2D eigenvalue weighted by molar-refractivity contribution is 5.93. The third kappa shape index (κ3) is 5.15. The number of hydrogen-bond acceptors (Lipinski definition) is 4. The molecule has 2 heterocycles. The fourth-order valence-electron chi connectivity index (χ4n) is 3.98. The van der Waals surface area contributed by atoms with Gasteiger partial charge in [-0.1, -0.05) is 31.4 Å². The van der Waals surface area contributed by atoms with Crippen molar-refractivity contribution in [1.82, 2.24) is 9.97 Å². The number of carbonyl (C=O) groups excluding carboxylic acids is 2. The zero-order chi connectivity index (χ0) is 20.0. The maximum absolute atomic E-state index is 12.7. The number of amides is 2. The first kappa shape index (κ1) is 20.0. The van der Waals surface area contributed by atoms with Gasteiger partial charge in [-0.15, -0.1) is 0 Å². The summed E-state index contributed by atoms with van der Waals surface area (Å²) >= 11 is 0. The molecule has 6 nitrogen and oxygen atoms in total. The van der Waals surface area contributed by atoms with Crippen LogP contribution in [0, 0.1) is 19.3 Å². The number of aromatic nitrogens is 2. The van der Waals surface area contributed by atoms with Gasteiger partial charge in [0.15, 0.2) is 0 Å². The van der Waals surface area contributed by atoms with E-state index in [-0.39, 0.29) is 17.2 Å². The van der Waals surface area contributed by atoms with Gasteiger partial charge in [0.05, 0.1) is 0 Å². The molecule has 148 valence electrons. The second kappa shape index (κ2) is 8.95. The highest BCUT2D eigenvalue weighted by atomic mass is 16.2. The molecule has 2 amide bonds. The number of hydrogen-bond donors (Lipinski definition) is 2. The SMILES string of the molecule is Cc1cccnc1NC(=O)CC1(CC(=O)Nc2ncccc2C)CCCCC1. The van der Waals surface area contributed by atoms with Crippen LogP contribution in [0.3, 0.4) is 0 Å². The van der Waals surface area contributed by atoms with E-state index in [4.69, 9.17) is 0 Å². The van der Waals surface area contributed by atoms with Crippen molar-refractivity contribution in [3.63, 3.8) is 0 Å². The Hall–Kier alpha value is -2.76. The summed E-state index contributed by atoms with van der Waals surface area (Å²) < 4.78 is 0. The van der Waals surface area contributed by atoms with E-state index in [0.717, 1.165) is 43.2 Å². The van der Waals surface area contributed by atoms with Crippen molar-refractivity contribution >= 4 is 23.5 Å². The van der Waals surface area contributed by atoms with E-state index in [2.05, 4.69) is 20.6 Å². The first-order valence-electron chi connectivity index (χ1n) is 9.90. The number of anilines is 2. The van der Waals surface area contributed by atoms with Gasteiger partial charge in [0.2, 0.25) is 11.8 Å². The standard InChI is InChI=1S/C22H28N4O2/c1-16-8-6-12-23-20(16)25-18(27)14-22(10-4-3-5-11-22)15-19(28)26-21-17(2)9-7-13-24-21/h6-9,12-13H,3-5,10-11,14-15H2,1-2H3,(H,23,25,27)(H,24,26,28). The second-order valence-corrected chi connectivity index (χ2v) is 7.85. The molecule has 1 fully saturated rings. The summed E-state index contributed by atoms with van der Waals surface area (Å²) in [4.78, 5) is 34.0. The summed E-state index contributed by atoms with van der Waals surface area (Å²) in [6.07, 6.45) is 9.02. The molecule has 1 saturated carbocycles. The Morgan fingerprint density at radius 3 is 1.75 bits per heavy atom. The fourth-order valence-corrected chi connectivity index (χ4v) is 3.98. The predicted molar refractivity (Wildman–Crippen MR) is 110 cm³/mol. The summed E-state index contributed by atoms with van der Waals surface area (Å²) in [5, 5.41) is 5.84. The smallest absolute Gasteiger partial charge is 0.226 e. The van der Waals surface area contributed by atoms with Crippen LogP contribution in [0.15, 0.2) is 36.7 Å². The molecule has 0 spiro atoms. The highest BCUT2D eigenvalue weighted by Crippen LogP contribution is 2.42. The van der Waals surface area contributed by atoms with Gasteiger partial charge < -0.3 is 10.6 Å². The molecule has 0 radical (unpaired) electrons. The minimum absolute atomic E-state index is 0.0782. The molecular weight excluding hydrogens is 352 g/mol. The van der Waals surface area contributed by atoms with E-state index in [9.17, 15) is 9.59 Å². The van der Waals surface area contributed by atoms with Crippen molar-refractivity contribution in [2.24, 2.45) is 5.41 Å². The van der Waals surface area contributed by atoms with Crippen molar-refractivity contribution in [1.29, 1.82) is 0 Å². The average Bonchev–Trinajstić information content (AvgIpc) is 2.66. The Morgan fingerprint density at radius 2 is 1.32 bits per heavy atom. The van der Waals surface area contributed by atoms with Gasteiger partial charge in [0, 0.05) is 25.2 Å². The van der Waals surface area contributed by atoms with Crippen LogP contribution in [0.25, 0.3) is 0 Å². The molecule has 2 aromatic rings. The van der Waals surface area contributed by atoms with Crippen molar-refractivity contribution in [3.8, 4) is 0 Å². The quantitative estimate of drug-likeness (QED) is 0.778. The molecule has 0 unspecified atom stereocenters. The van der Waals surface area contributed by atoms with Crippen molar-refractivity contribution < 1.29 is 9.59 Å². The summed E-state index contributed by atoms with van der Waals surface area (Å²) in [7, 11) is 0. The molecule has 3 rings (SSSR count). The lowest BCUT2D eigenvalue weighted by atomic mass is 9.69. The van der Waals surface area contributed by atoms with E-state index in [1.165, 1.54) is 0 Å². The minimum atomic E-state index is -0.308. The van der Waals surface area contributed by atoms with Gasteiger partial charge >= 0.3 is 0 Å². The lowest BCUT2D eigenvalue weighted by molar-refractivity contribution is -0.122. The first-order valence-corrected chi connectivity index (χ1v) is 9.90. The van der Waals surface area contributed by atoms with Gasteiger partial charge in [-0.25, -0.2) is 9.97 Å². The molecule has 0 aliphatic heterocycles. The number of carbonyl (C=O) groups is 2. The molecular formula is C22H28N4O2. The van der Waals surface area contributed by atoms with Gasteiger partial charge in [-0.2, -0.15) is 0 Å². The summed E-state index contributed by atoms with van der Waals surface area (Å²) in [5.74, 6) is 1.02. The van der Waals surface area contributed by atoms with E-state index < -0.39 is 0 Å². The van der Waals surface area contributed by atoms with Crippen LogP contribution < -0.4 is 10.6 Å². The van der Waals surface area contributed by atoms with Crippen molar-refractivity contribution in [2.75, 3.05) is 10.6 Å². The van der Waals surface area contributed by atoms with Crippen LogP contribution >= 0.6 is 0 Å². The van der Waals surface area contributed by atoms with Crippen LogP contribution in [0.4, 0.5) is 11.6 Å². The zero-order valence-electron chi connectivity index (χ0n) is 16.6. The third-order valence-corrected chi connectivity index (χ3v) is 5.52. The molecule has 0 saturated heterocycles. The van der Waals surface area contributed by atoms with Gasteiger partial charge in [-0.05, 0) is 55.4 Å². The lowest BCUT2D eigenvalue weighted by Crippen LogP contribution is -2.34. The van der Waals surface area contributed by atoms with Crippen molar-refractivity contribution in [3.05, 3.63) is 47.8 Å². The topological polar surface area (TPSA) is 84.0 Å². The average molecular weight is 380 g/mol. The zero-order valence-corrected chi connectivity index (χ0v) is 16.6. The van der Waals surface area contributed by atoms with Crippen LogP contribution in [-0.4, -0.2) is 21.8 Å². The fraction of sp³-hybridized carbons (Fsp3) is 0.455. The molecule has 2 N–H and O–H groups in total. The molecule has 1 aliphatic rings. The molecule has 6 heteroatoms. The van der Waals surface area contributed by atoms with Crippen LogP contribution in [-0.2, 0) is 9.59 Å². The molecule has 1 aliphatic carbocycles. The minimum Gasteiger partial charge on any atom is -0.310 e. The number of nitrogens with one attached hydrogen (secondary N) is 2. The molecule has 2 aromatic heterocycles. The molecule has 0 atom stereocenters. The van der Waals surface area contributed by atoms with Crippen LogP contribution in [0.1, 0.15) is 56.1 Å². The highest BCUT2D eigenvalue weighted by Gasteiger charge is 2.36. The monoisotopic (exact) mass is 380 g/mol. The van der Waals surface area contributed by atoms with E-state index in [1.54, 1.807) is 12.4 Å². The number of nitrogens with zero attached hydrogens (tertiary/aromatic N) is 2. The Bertz CT molecular complexity index is 780. The normalized spacial score (nSPS) is 15.6. The van der Waals surface area contributed by atoms with E-state index >= 15 is 0 Å². The maximum Gasteiger partial charge on any atom is 0.226 e. The number of pyridine rings is 2. The van der Waals surface area contributed by atoms with E-state index in [0.29, 0.717) is 24.5 Å². The predicted octanol–water partition coefficient (Wildman–Crippen LogP) is 4.40. The summed E-state index contributed by atoms with van der Waals surface area (Å²) in [6, 6.07) is 7.53. The lowest BCUT2D eigenvalue weighted by Gasteiger charge is -2.36. The van der Waals surface area contributed by atoms with E-state index in [1.807, 2.05) is 38.1 Å². The van der Waals surface area contributed by atoms with Gasteiger partial charge in [-0.3, -0.25) is 9.59 Å².